The van der Waals surface area contributed by atoms with Crippen LogP contribution >= 0.6 is 0 Å². The molecule has 0 saturated carbocycles. The second kappa shape index (κ2) is 5.33. The molecule has 94 valence electrons. The number of amides is 1. The predicted molar refractivity (Wildman–Crippen MR) is 66.3 cm³/mol. The largest absolute Gasteiger partial charge is 0.357 e. The monoisotopic (exact) mass is 236 g/mol. The molecule has 1 aliphatic rings. The van der Waals surface area contributed by atoms with E-state index in [4.69, 9.17) is 5.73 Å². The Bertz CT molecular complexity index is 380. The molecular formula is C12H20N4O. The van der Waals surface area contributed by atoms with Crippen LogP contribution in [0.2, 0.25) is 0 Å². The van der Waals surface area contributed by atoms with Crippen LogP contribution in [-0.4, -0.2) is 53.0 Å². The van der Waals surface area contributed by atoms with E-state index in [0.29, 0.717) is 0 Å². The van der Waals surface area contributed by atoms with Gasteiger partial charge in [-0.15, -0.1) is 0 Å². The first-order valence-corrected chi connectivity index (χ1v) is 6.00. The molecule has 0 aromatic carbocycles. The Labute approximate surface area is 102 Å². The zero-order valence-corrected chi connectivity index (χ0v) is 10.3. The van der Waals surface area contributed by atoms with E-state index in [9.17, 15) is 4.79 Å². The molecule has 2 heterocycles. The molecule has 0 aliphatic carbocycles. The van der Waals surface area contributed by atoms with E-state index >= 15 is 0 Å². The van der Waals surface area contributed by atoms with E-state index < -0.39 is 0 Å². The summed E-state index contributed by atoms with van der Waals surface area (Å²) in [6, 6.07) is 2.14. The Hall–Kier alpha value is -1.33. The highest BCUT2D eigenvalue weighted by Crippen LogP contribution is 2.08. The number of hydrogen-bond acceptors (Lipinski definition) is 3. The predicted octanol–water partition coefficient (Wildman–Crippen LogP) is -0.372. The summed E-state index contributed by atoms with van der Waals surface area (Å²) in [5, 5.41) is 0. The number of carbonyl (C=O) groups is 1. The Morgan fingerprint density at radius 3 is 2.59 bits per heavy atom. The Morgan fingerprint density at radius 2 is 2.06 bits per heavy atom. The maximum atomic E-state index is 11.4. The maximum Gasteiger partial charge on any atom is 0.236 e. The van der Waals surface area contributed by atoms with Crippen molar-refractivity contribution in [2.24, 2.45) is 12.8 Å². The van der Waals surface area contributed by atoms with Gasteiger partial charge in [0.05, 0.1) is 6.54 Å². The quantitative estimate of drug-likeness (QED) is 0.779. The second-order valence-corrected chi connectivity index (χ2v) is 4.55. The third kappa shape index (κ3) is 3.08. The zero-order valence-electron chi connectivity index (χ0n) is 10.3. The topological polar surface area (TPSA) is 54.5 Å². The highest BCUT2D eigenvalue weighted by atomic mass is 16.2. The van der Waals surface area contributed by atoms with Crippen LogP contribution < -0.4 is 5.73 Å². The first kappa shape index (κ1) is 12.1. The normalized spacial score (nSPS) is 17.4. The number of aryl methyl sites for hydroxylation is 1. The molecule has 2 N–H and O–H groups in total. The number of piperazine rings is 1. The molecule has 17 heavy (non-hydrogen) atoms. The minimum atomic E-state index is 0.0596. The van der Waals surface area contributed by atoms with Crippen molar-refractivity contribution < 1.29 is 4.79 Å². The number of aromatic nitrogens is 1. The third-order valence-corrected chi connectivity index (χ3v) is 3.20. The molecule has 0 spiro atoms. The zero-order chi connectivity index (χ0) is 12.3. The van der Waals surface area contributed by atoms with Crippen molar-refractivity contribution in [1.82, 2.24) is 14.4 Å². The van der Waals surface area contributed by atoms with Crippen molar-refractivity contribution in [3.8, 4) is 0 Å². The molecule has 1 aromatic rings. The summed E-state index contributed by atoms with van der Waals surface area (Å²) >= 11 is 0. The number of rotatable bonds is 3. The molecule has 5 heteroatoms. The van der Waals surface area contributed by atoms with Crippen molar-refractivity contribution in [2.75, 3.05) is 32.7 Å². The number of carbonyl (C=O) groups excluding carboxylic acids is 1. The Morgan fingerprint density at radius 1 is 1.35 bits per heavy atom. The van der Waals surface area contributed by atoms with Crippen molar-refractivity contribution in [2.45, 2.75) is 6.54 Å². The molecule has 1 aromatic heterocycles. The molecule has 1 saturated heterocycles. The average molecular weight is 236 g/mol. The summed E-state index contributed by atoms with van der Waals surface area (Å²) in [6.45, 7) is 4.54. The van der Waals surface area contributed by atoms with Gasteiger partial charge in [0.2, 0.25) is 5.91 Å². The second-order valence-electron chi connectivity index (χ2n) is 4.55. The van der Waals surface area contributed by atoms with Gasteiger partial charge < -0.3 is 15.2 Å². The van der Waals surface area contributed by atoms with E-state index in [2.05, 4.69) is 27.9 Å². The van der Waals surface area contributed by atoms with Gasteiger partial charge in [-0.3, -0.25) is 9.69 Å². The molecule has 1 aliphatic heterocycles. The summed E-state index contributed by atoms with van der Waals surface area (Å²) in [5.41, 5.74) is 6.68. The van der Waals surface area contributed by atoms with Crippen molar-refractivity contribution in [3.05, 3.63) is 24.0 Å². The Kier molecular flexibility index (Phi) is 3.81. The van der Waals surface area contributed by atoms with Gasteiger partial charge in [-0.1, -0.05) is 0 Å². The molecular weight excluding hydrogens is 216 g/mol. The van der Waals surface area contributed by atoms with Crippen LogP contribution in [0.3, 0.4) is 0 Å². The van der Waals surface area contributed by atoms with Gasteiger partial charge in [0.25, 0.3) is 0 Å². The molecule has 0 radical (unpaired) electrons. The van der Waals surface area contributed by atoms with Gasteiger partial charge in [-0.25, -0.2) is 0 Å². The highest BCUT2D eigenvalue weighted by molar-refractivity contribution is 5.78. The van der Waals surface area contributed by atoms with Gasteiger partial charge in [0, 0.05) is 52.2 Å². The van der Waals surface area contributed by atoms with Crippen LogP contribution in [0.15, 0.2) is 18.5 Å². The van der Waals surface area contributed by atoms with Crippen molar-refractivity contribution in [3.63, 3.8) is 0 Å². The number of nitrogens with zero attached hydrogens (tertiary/aromatic N) is 3. The molecule has 0 bridgehead atoms. The minimum Gasteiger partial charge on any atom is -0.357 e. The van der Waals surface area contributed by atoms with Crippen LogP contribution in [-0.2, 0) is 18.4 Å². The van der Waals surface area contributed by atoms with Crippen LogP contribution in [0.1, 0.15) is 5.56 Å². The van der Waals surface area contributed by atoms with Crippen LogP contribution in [0.5, 0.6) is 0 Å². The standard InChI is InChI=1S/C12H20N4O/c1-14-3-2-11(9-14)10-15-4-6-16(7-5-15)12(17)8-13/h2-3,9H,4-8,10,13H2,1H3. The van der Waals surface area contributed by atoms with E-state index in [1.54, 1.807) is 0 Å². The highest BCUT2D eigenvalue weighted by Gasteiger charge is 2.19. The van der Waals surface area contributed by atoms with Crippen LogP contribution in [0.4, 0.5) is 0 Å². The van der Waals surface area contributed by atoms with Gasteiger partial charge in [0.15, 0.2) is 0 Å². The first-order valence-electron chi connectivity index (χ1n) is 6.00. The van der Waals surface area contributed by atoms with E-state index in [0.717, 1.165) is 32.7 Å². The summed E-state index contributed by atoms with van der Waals surface area (Å²) in [7, 11) is 2.03. The number of hydrogen-bond donors (Lipinski definition) is 1. The lowest BCUT2D eigenvalue weighted by atomic mass is 10.2. The summed E-state index contributed by atoms with van der Waals surface area (Å²) in [5.74, 6) is 0.0596. The Balaban J connectivity index is 1.81. The van der Waals surface area contributed by atoms with Gasteiger partial charge in [0.1, 0.15) is 0 Å². The fourth-order valence-corrected chi connectivity index (χ4v) is 2.20. The molecule has 0 atom stereocenters. The lowest BCUT2D eigenvalue weighted by molar-refractivity contribution is -0.131. The summed E-state index contributed by atoms with van der Waals surface area (Å²) in [6.07, 6.45) is 4.20. The fourth-order valence-electron chi connectivity index (χ4n) is 2.20. The van der Waals surface area contributed by atoms with E-state index in [1.165, 1.54) is 5.56 Å². The average Bonchev–Trinajstić information content (AvgIpc) is 2.75. The molecule has 1 amide bonds. The molecule has 1 fully saturated rings. The van der Waals surface area contributed by atoms with Gasteiger partial charge in [-0.05, 0) is 11.6 Å². The molecule has 0 unspecified atom stereocenters. The molecule has 2 rings (SSSR count). The van der Waals surface area contributed by atoms with E-state index in [1.807, 2.05) is 11.9 Å². The maximum absolute atomic E-state index is 11.4. The summed E-state index contributed by atoms with van der Waals surface area (Å²) in [4.78, 5) is 15.6. The van der Waals surface area contributed by atoms with Crippen LogP contribution in [0.25, 0.3) is 0 Å². The lowest BCUT2D eigenvalue weighted by Crippen LogP contribution is -2.49. The van der Waals surface area contributed by atoms with Gasteiger partial charge in [-0.2, -0.15) is 0 Å². The van der Waals surface area contributed by atoms with Crippen LogP contribution in [0, 0.1) is 0 Å². The van der Waals surface area contributed by atoms with Gasteiger partial charge >= 0.3 is 0 Å². The fraction of sp³-hybridized carbons (Fsp3) is 0.583. The van der Waals surface area contributed by atoms with Crippen molar-refractivity contribution in [1.29, 1.82) is 0 Å². The minimum absolute atomic E-state index is 0.0596. The number of nitrogens with two attached hydrogens (primary N) is 1. The summed E-state index contributed by atoms with van der Waals surface area (Å²) < 4.78 is 2.06. The first-order chi connectivity index (χ1) is 8.19. The van der Waals surface area contributed by atoms with E-state index in [-0.39, 0.29) is 12.5 Å². The smallest absolute Gasteiger partial charge is 0.236 e. The third-order valence-electron chi connectivity index (χ3n) is 3.20. The van der Waals surface area contributed by atoms with Crippen molar-refractivity contribution >= 4 is 5.91 Å². The SMILES string of the molecule is Cn1ccc(CN2CCN(C(=O)CN)CC2)c1. The lowest BCUT2D eigenvalue weighted by Gasteiger charge is -2.34. The molecule has 5 nitrogen and oxygen atoms in total.